The highest BCUT2D eigenvalue weighted by Crippen LogP contribution is 2.42. The summed E-state index contributed by atoms with van der Waals surface area (Å²) >= 11 is 0. The smallest absolute Gasteiger partial charge is 0.334 e. The summed E-state index contributed by atoms with van der Waals surface area (Å²) in [6.07, 6.45) is 0.660. The number of carbonyl (C=O) groups excluding carboxylic acids is 1. The fourth-order valence-corrected chi connectivity index (χ4v) is 3.61. The number of aliphatic carboxylic acids is 1. The number of rotatable bonds is 8. The number of hydrogen-bond donors (Lipinski definition) is 2. The van der Waals surface area contributed by atoms with Crippen molar-refractivity contribution in [1.29, 1.82) is 0 Å². The Morgan fingerprint density at radius 1 is 1.24 bits per heavy atom. The second kappa shape index (κ2) is 8.26. The van der Waals surface area contributed by atoms with Crippen LogP contribution in [0.2, 0.25) is 0 Å². The fraction of sp³-hybridized carbons (Fsp3) is 0.429. The van der Waals surface area contributed by atoms with E-state index in [1.54, 1.807) is 24.3 Å². The molecule has 3 unspecified atom stereocenters. The molecule has 1 aromatic heterocycles. The highest BCUT2D eigenvalue weighted by Gasteiger charge is 2.56. The molecule has 29 heavy (non-hydrogen) atoms. The first kappa shape index (κ1) is 20.9. The first-order valence-corrected chi connectivity index (χ1v) is 9.31. The summed E-state index contributed by atoms with van der Waals surface area (Å²) in [5.74, 6) is -0.605. The van der Waals surface area contributed by atoms with Crippen LogP contribution in [0, 0.1) is 5.92 Å². The van der Waals surface area contributed by atoms with Crippen LogP contribution in [-0.4, -0.2) is 43.2 Å². The molecular formula is C21H25NO7. The van der Waals surface area contributed by atoms with E-state index in [1.165, 1.54) is 26.5 Å². The zero-order valence-corrected chi connectivity index (χ0v) is 16.8. The van der Waals surface area contributed by atoms with E-state index in [1.807, 2.05) is 13.8 Å². The van der Waals surface area contributed by atoms with E-state index < -0.39 is 29.6 Å². The van der Waals surface area contributed by atoms with E-state index in [0.29, 0.717) is 23.5 Å². The molecule has 1 aromatic carbocycles. The van der Waals surface area contributed by atoms with Gasteiger partial charge in [0.25, 0.3) is 0 Å². The molecule has 0 spiro atoms. The van der Waals surface area contributed by atoms with Gasteiger partial charge < -0.3 is 23.7 Å². The minimum Gasteiger partial charge on any atom is -0.497 e. The number of ketones is 1. The number of carboxylic acids is 1. The molecule has 1 aliphatic rings. The van der Waals surface area contributed by atoms with Crippen LogP contribution in [0.25, 0.3) is 0 Å². The Hall–Kier alpha value is -2.84. The van der Waals surface area contributed by atoms with E-state index in [0.717, 1.165) is 0 Å². The van der Waals surface area contributed by atoms with E-state index >= 15 is 0 Å². The largest absolute Gasteiger partial charge is 0.497 e. The maximum absolute atomic E-state index is 13.5. The minimum absolute atomic E-state index is 0.0460. The third-order valence-corrected chi connectivity index (χ3v) is 4.88. The van der Waals surface area contributed by atoms with Crippen LogP contribution < -0.4 is 14.8 Å². The van der Waals surface area contributed by atoms with Crippen molar-refractivity contribution in [2.75, 3.05) is 14.2 Å². The fourth-order valence-electron chi connectivity index (χ4n) is 3.61. The first-order chi connectivity index (χ1) is 13.8. The summed E-state index contributed by atoms with van der Waals surface area (Å²) in [4.78, 5) is 25.4. The van der Waals surface area contributed by atoms with Gasteiger partial charge in [0.1, 0.15) is 11.5 Å². The van der Waals surface area contributed by atoms with Gasteiger partial charge in [-0.05, 0) is 36.6 Å². The number of nitrogens with one attached hydrogen (secondary N) is 1. The number of furan rings is 1. The molecule has 1 aliphatic heterocycles. The van der Waals surface area contributed by atoms with Crippen LogP contribution in [0.15, 0.2) is 41.0 Å². The second-order valence-electron chi connectivity index (χ2n) is 7.31. The van der Waals surface area contributed by atoms with E-state index in [9.17, 15) is 14.7 Å². The minimum atomic E-state index is -1.78. The molecular weight excluding hydrogens is 378 g/mol. The summed E-state index contributed by atoms with van der Waals surface area (Å²) in [6, 6.07) is 7.41. The summed E-state index contributed by atoms with van der Waals surface area (Å²) in [5, 5.41) is 12.9. The van der Waals surface area contributed by atoms with Gasteiger partial charge in [0.2, 0.25) is 11.5 Å². The monoisotopic (exact) mass is 403 g/mol. The van der Waals surface area contributed by atoms with Crippen LogP contribution in [-0.2, 0) is 15.3 Å². The zero-order chi connectivity index (χ0) is 21.2. The predicted octanol–water partition coefficient (Wildman–Crippen LogP) is 2.82. The predicted molar refractivity (Wildman–Crippen MR) is 103 cm³/mol. The number of benzene rings is 1. The Morgan fingerprint density at radius 2 is 2.00 bits per heavy atom. The number of ether oxygens (including phenoxy) is 3. The van der Waals surface area contributed by atoms with Gasteiger partial charge in [-0.15, -0.1) is 0 Å². The SMILES string of the molecule is COc1ccc(C2(C(=O)c3ccco3)NC(CC(C)C)C(C(=O)O)O2)c(OC)c1. The summed E-state index contributed by atoms with van der Waals surface area (Å²) in [5.41, 5.74) is -1.43. The van der Waals surface area contributed by atoms with E-state index in [2.05, 4.69) is 5.32 Å². The summed E-state index contributed by atoms with van der Waals surface area (Å²) < 4.78 is 22.0. The van der Waals surface area contributed by atoms with Gasteiger partial charge in [-0.2, -0.15) is 0 Å². The maximum Gasteiger partial charge on any atom is 0.334 e. The van der Waals surface area contributed by atoms with Gasteiger partial charge in [-0.25, -0.2) is 4.79 Å². The molecule has 1 saturated heterocycles. The van der Waals surface area contributed by atoms with Crippen molar-refractivity contribution in [3.05, 3.63) is 47.9 Å². The van der Waals surface area contributed by atoms with Gasteiger partial charge in [0.05, 0.1) is 20.5 Å². The molecule has 0 bridgehead atoms. The van der Waals surface area contributed by atoms with Crippen LogP contribution in [0.3, 0.4) is 0 Å². The van der Waals surface area contributed by atoms with Crippen molar-refractivity contribution < 1.29 is 33.3 Å². The highest BCUT2D eigenvalue weighted by molar-refractivity contribution is 6.01. The lowest BCUT2D eigenvalue weighted by molar-refractivity contribution is -0.153. The standard InChI is InChI=1S/C21H25NO7/c1-12(2)10-15-18(20(24)25)29-21(22-15,19(23)16-6-5-9-28-16)14-8-7-13(26-3)11-17(14)27-4/h5-9,11-12,15,18,22H,10H2,1-4H3,(H,24,25). The third-order valence-electron chi connectivity index (χ3n) is 4.88. The third kappa shape index (κ3) is 3.86. The number of methoxy groups -OCH3 is 2. The molecule has 8 heteroatoms. The van der Waals surface area contributed by atoms with Gasteiger partial charge in [-0.1, -0.05) is 13.8 Å². The van der Waals surface area contributed by atoms with Gasteiger partial charge in [0.15, 0.2) is 11.9 Å². The zero-order valence-electron chi connectivity index (χ0n) is 16.8. The quantitative estimate of drug-likeness (QED) is 0.648. The van der Waals surface area contributed by atoms with Crippen molar-refractivity contribution in [2.24, 2.45) is 5.92 Å². The normalized spacial score (nSPS) is 23.9. The number of hydrogen-bond acceptors (Lipinski definition) is 7. The van der Waals surface area contributed by atoms with E-state index in [-0.39, 0.29) is 11.7 Å². The van der Waals surface area contributed by atoms with Crippen LogP contribution in [0.5, 0.6) is 11.5 Å². The van der Waals surface area contributed by atoms with Crippen molar-refractivity contribution in [3.63, 3.8) is 0 Å². The van der Waals surface area contributed by atoms with Gasteiger partial charge >= 0.3 is 5.97 Å². The van der Waals surface area contributed by atoms with Crippen LogP contribution in [0.4, 0.5) is 0 Å². The molecule has 0 radical (unpaired) electrons. The molecule has 156 valence electrons. The molecule has 0 aliphatic carbocycles. The average Bonchev–Trinajstić information content (AvgIpc) is 3.35. The van der Waals surface area contributed by atoms with Crippen molar-refractivity contribution >= 4 is 11.8 Å². The Morgan fingerprint density at radius 3 is 2.55 bits per heavy atom. The number of carbonyl (C=O) groups is 2. The second-order valence-corrected chi connectivity index (χ2v) is 7.31. The average molecular weight is 403 g/mol. The number of carboxylic acid groups (broad SMARTS) is 1. The molecule has 2 N–H and O–H groups in total. The van der Waals surface area contributed by atoms with Crippen LogP contribution in [0.1, 0.15) is 36.4 Å². The first-order valence-electron chi connectivity index (χ1n) is 9.31. The highest BCUT2D eigenvalue weighted by atomic mass is 16.6. The number of Topliss-reactive ketones (excluding diaryl/α,β-unsaturated/α-hetero) is 1. The molecule has 2 heterocycles. The molecule has 0 amide bonds. The lowest BCUT2D eigenvalue weighted by Crippen LogP contribution is -2.48. The Kier molecular flexibility index (Phi) is 5.95. The van der Waals surface area contributed by atoms with Crippen molar-refractivity contribution in [1.82, 2.24) is 5.32 Å². The topological polar surface area (TPSA) is 107 Å². The molecule has 1 fully saturated rings. The van der Waals surface area contributed by atoms with Crippen molar-refractivity contribution in [2.45, 2.75) is 38.1 Å². The van der Waals surface area contributed by atoms with Crippen LogP contribution >= 0.6 is 0 Å². The summed E-state index contributed by atoms with van der Waals surface area (Å²) in [7, 11) is 2.97. The Labute approximate surface area is 168 Å². The molecule has 8 nitrogen and oxygen atoms in total. The Bertz CT molecular complexity index is 877. The Balaban J connectivity index is 2.16. The summed E-state index contributed by atoms with van der Waals surface area (Å²) in [6.45, 7) is 3.95. The molecule has 2 aromatic rings. The maximum atomic E-state index is 13.5. The van der Waals surface area contributed by atoms with Crippen molar-refractivity contribution in [3.8, 4) is 11.5 Å². The molecule has 3 rings (SSSR count). The lowest BCUT2D eigenvalue weighted by Gasteiger charge is -2.29. The van der Waals surface area contributed by atoms with E-state index in [4.69, 9.17) is 18.6 Å². The van der Waals surface area contributed by atoms with Gasteiger partial charge in [0, 0.05) is 17.7 Å². The molecule has 0 saturated carbocycles. The van der Waals surface area contributed by atoms with Gasteiger partial charge in [-0.3, -0.25) is 10.1 Å². The molecule has 3 atom stereocenters. The lowest BCUT2D eigenvalue weighted by atomic mass is 9.94.